The lowest BCUT2D eigenvalue weighted by atomic mass is 10.1. The van der Waals surface area contributed by atoms with Crippen molar-refractivity contribution in [1.29, 1.82) is 0 Å². The van der Waals surface area contributed by atoms with Gasteiger partial charge in [-0.25, -0.2) is 13.1 Å². The molecule has 1 atom stereocenters. The molecular weight excluding hydrogens is 428 g/mol. The molecule has 0 radical (unpaired) electrons. The molecule has 9 heteroatoms. The molecule has 0 spiro atoms. The topological polar surface area (TPSA) is 79.8 Å². The number of hydrogen-bond donors (Lipinski definition) is 2. The van der Waals surface area contributed by atoms with Gasteiger partial charge in [-0.15, -0.1) is 0 Å². The first-order chi connectivity index (χ1) is 13.8. The second-order valence-corrected chi connectivity index (χ2v) is 9.75. The van der Waals surface area contributed by atoms with Crippen molar-refractivity contribution < 1.29 is 8.42 Å². The third kappa shape index (κ3) is 5.54. The normalized spacial score (nSPS) is 13.0. The summed E-state index contributed by atoms with van der Waals surface area (Å²) >= 11 is 11.3. The van der Waals surface area contributed by atoms with Crippen LogP contribution in [-0.4, -0.2) is 23.2 Å². The molecule has 0 aliphatic heterocycles. The van der Waals surface area contributed by atoms with Crippen LogP contribution in [0.5, 0.6) is 0 Å². The van der Waals surface area contributed by atoms with Crippen LogP contribution in [0.1, 0.15) is 31.3 Å². The zero-order valence-electron chi connectivity index (χ0n) is 16.2. The standard InChI is InChI=1S/C20H23ClN4O2S2/c1-14(2)13-25-19(22-23-20(25)28)18(12-15-6-4-3-5-7-15)24-29(26,27)17-10-8-16(21)9-11-17/h3-11,14,18,24H,12-13H2,1-2H3,(H,23,28)/t18-/m1/s1. The lowest BCUT2D eigenvalue weighted by Crippen LogP contribution is -2.32. The Balaban J connectivity index is 2.00. The summed E-state index contributed by atoms with van der Waals surface area (Å²) in [7, 11) is -3.79. The molecule has 0 fully saturated rings. The Bertz CT molecular complexity index is 1110. The minimum Gasteiger partial charge on any atom is -0.303 e. The largest absolute Gasteiger partial charge is 0.303 e. The van der Waals surface area contributed by atoms with E-state index in [0.717, 1.165) is 5.56 Å². The molecule has 154 valence electrons. The number of hydrogen-bond acceptors (Lipinski definition) is 4. The number of aromatic amines is 1. The minimum atomic E-state index is -3.79. The molecule has 3 aromatic rings. The van der Waals surface area contributed by atoms with E-state index >= 15 is 0 Å². The smallest absolute Gasteiger partial charge is 0.241 e. The molecule has 0 aliphatic rings. The van der Waals surface area contributed by atoms with Crippen LogP contribution >= 0.6 is 23.8 Å². The SMILES string of the molecule is CC(C)Cn1c([C@@H](Cc2ccccc2)NS(=O)(=O)c2ccc(Cl)cc2)n[nH]c1=S. The number of nitrogens with one attached hydrogen (secondary N) is 2. The van der Waals surface area contributed by atoms with Crippen LogP contribution in [0.4, 0.5) is 0 Å². The third-order valence-corrected chi connectivity index (χ3v) is 6.40. The Kier molecular flexibility index (Phi) is 6.89. The molecule has 0 bridgehead atoms. The van der Waals surface area contributed by atoms with Gasteiger partial charge in [0.15, 0.2) is 4.77 Å². The number of benzene rings is 2. The van der Waals surface area contributed by atoms with Crippen LogP contribution in [0.15, 0.2) is 59.5 Å². The molecule has 2 N–H and O–H groups in total. The molecule has 0 unspecified atom stereocenters. The van der Waals surface area contributed by atoms with Crippen molar-refractivity contribution in [1.82, 2.24) is 19.5 Å². The molecule has 0 saturated heterocycles. The summed E-state index contributed by atoms with van der Waals surface area (Å²) in [5, 5.41) is 7.63. The Morgan fingerprint density at radius 3 is 2.41 bits per heavy atom. The van der Waals surface area contributed by atoms with E-state index in [1.807, 2.05) is 34.9 Å². The number of aromatic nitrogens is 3. The van der Waals surface area contributed by atoms with E-state index in [2.05, 4.69) is 28.8 Å². The van der Waals surface area contributed by atoms with Gasteiger partial charge in [-0.2, -0.15) is 5.10 Å². The highest BCUT2D eigenvalue weighted by atomic mass is 35.5. The third-order valence-electron chi connectivity index (χ3n) is 4.35. The molecule has 0 saturated carbocycles. The lowest BCUT2D eigenvalue weighted by molar-refractivity contribution is 0.469. The molecule has 2 aromatic carbocycles. The molecule has 6 nitrogen and oxygen atoms in total. The van der Waals surface area contributed by atoms with Gasteiger partial charge in [0.25, 0.3) is 0 Å². The van der Waals surface area contributed by atoms with Crippen LogP contribution in [0, 0.1) is 10.7 Å². The number of rotatable bonds is 8. The van der Waals surface area contributed by atoms with Gasteiger partial charge >= 0.3 is 0 Å². The highest BCUT2D eigenvalue weighted by molar-refractivity contribution is 7.89. The Morgan fingerprint density at radius 2 is 1.79 bits per heavy atom. The van der Waals surface area contributed by atoms with E-state index in [9.17, 15) is 8.42 Å². The second-order valence-electron chi connectivity index (χ2n) is 7.21. The van der Waals surface area contributed by atoms with Crippen molar-refractivity contribution in [3.8, 4) is 0 Å². The first-order valence-corrected chi connectivity index (χ1v) is 11.5. The summed E-state index contributed by atoms with van der Waals surface area (Å²) in [6.07, 6.45) is 0.436. The summed E-state index contributed by atoms with van der Waals surface area (Å²) in [5.74, 6) is 0.883. The maximum Gasteiger partial charge on any atom is 0.241 e. The fourth-order valence-corrected chi connectivity index (χ4v) is 4.58. The monoisotopic (exact) mass is 450 g/mol. The lowest BCUT2D eigenvalue weighted by Gasteiger charge is -2.20. The molecule has 1 heterocycles. The Hall–Kier alpha value is -2.00. The first kappa shape index (κ1) is 21.7. The van der Waals surface area contributed by atoms with Crippen LogP contribution in [0.3, 0.4) is 0 Å². The second kappa shape index (κ2) is 9.21. The van der Waals surface area contributed by atoms with Gasteiger partial charge in [-0.05, 0) is 54.4 Å². The Morgan fingerprint density at radius 1 is 1.14 bits per heavy atom. The quantitative estimate of drug-likeness (QED) is 0.495. The molecular formula is C20H23ClN4O2S2. The van der Waals surface area contributed by atoms with E-state index in [-0.39, 0.29) is 4.90 Å². The average molecular weight is 451 g/mol. The molecule has 1 aromatic heterocycles. The van der Waals surface area contributed by atoms with Gasteiger partial charge in [0.1, 0.15) is 5.82 Å². The number of halogens is 1. The fourth-order valence-electron chi connectivity index (χ4n) is 3.04. The highest BCUT2D eigenvalue weighted by Gasteiger charge is 2.26. The predicted octanol–water partition coefficient (Wildman–Crippen LogP) is 4.51. The molecule has 29 heavy (non-hydrogen) atoms. The van der Waals surface area contributed by atoms with Crippen molar-refractivity contribution in [2.45, 2.75) is 37.8 Å². The number of H-pyrrole nitrogens is 1. The minimum absolute atomic E-state index is 0.143. The van der Waals surface area contributed by atoms with Crippen LogP contribution in [0.2, 0.25) is 5.02 Å². The predicted molar refractivity (Wildman–Crippen MR) is 117 cm³/mol. The van der Waals surface area contributed by atoms with Gasteiger partial charge in [0.05, 0.1) is 10.9 Å². The van der Waals surface area contributed by atoms with Crippen molar-refractivity contribution in [2.24, 2.45) is 5.92 Å². The van der Waals surface area contributed by atoms with Crippen LogP contribution < -0.4 is 4.72 Å². The van der Waals surface area contributed by atoms with Gasteiger partial charge in [-0.1, -0.05) is 55.8 Å². The zero-order chi connectivity index (χ0) is 21.0. The summed E-state index contributed by atoms with van der Waals surface area (Å²) in [5.41, 5.74) is 0.987. The van der Waals surface area contributed by atoms with E-state index in [1.54, 1.807) is 12.1 Å². The molecule has 0 amide bonds. The van der Waals surface area contributed by atoms with Gasteiger partial charge in [-0.3, -0.25) is 5.10 Å². The van der Waals surface area contributed by atoms with Crippen molar-refractivity contribution in [3.63, 3.8) is 0 Å². The van der Waals surface area contributed by atoms with E-state index in [4.69, 9.17) is 23.8 Å². The van der Waals surface area contributed by atoms with Gasteiger partial charge in [0.2, 0.25) is 10.0 Å². The number of nitrogens with zero attached hydrogens (tertiary/aromatic N) is 2. The average Bonchev–Trinajstić information content (AvgIpc) is 3.02. The summed E-state index contributed by atoms with van der Waals surface area (Å²) in [6.45, 7) is 4.78. The maximum absolute atomic E-state index is 13.0. The van der Waals surface area contributed by atoms with Crippen LogP contribution in [0.25, 0.3) is 0 Å². The van der Waals surface area contributed by atoms with Crippen molar-refractivity contribution in [3.05, 3.63) is 75.8 Å². The fraction of sp³-hybridized carbons (Fsp3) is 0.300. The van der Waals surface area contributed by atoms with E-state index in [0.29, 0.717) is 34.5 Å². The van der Waals surface area contributed by atoms with Crippen molar-refractivity contribution in [2.75, 3.05) is 0 Å². The maximum atomic E-state index is 13.0. The first-order valence-electron chi connectivity index (χ1n) is 9.23. The van der Waals surface area contributed by atoms with Crippen LogP contribution in [-0.2, 0) is 23.0 Å². The highest BCUT2D eigenvalue weighted by Crippen LogP contribution is 2.22. The summed E-state index contributed by atoms with van der Waals surface area (Å²) in [6, 6.07) is 15.2. The summed E-state index contributed by atoms with van der Waals surface area (Å²) < 4.78 is 31.2. The summed E-state index contributed by atoms with van der Waals surface area (Å²) in [4.78, 5) is 0.143. The van der Waals surface area contributed by atoms with E-state index in [1.165, 1.54) is 12.1 Å². The number of sulfonamides is 1. The molecule has 3 rings (SSSR count). The molecule has 0 aliphatic carbocycles. The van der Waals surface area contributed by atoms with E-state index < -0.39 is 16.1 Å². The Labute approximate surface area is 181 Å². The van der Waals surface area contributed by atoms with Crippen molar-refractivity contribution >= 4 is 33.8 Å². The van der Waals surface area contributed by atoms with Gasteiger partial charge < -0.3 is 4.57 Å². The zero-order valence-corrected chi connectivity index (χ0v) is 18.6. The van der Waals surface area contributed by atoms with Gasteiger partial charge in [0, 0.05) is 11.6 Å².